The van der Waals surface area contributed by atoms with Gasteiger partial charge in [0.05, 0.1) is 24.6 Å². The van der Waals surface area contributed by atoms with Crippen molar-refractivity contribution in [1.82, 2.24) is 15.1 Å². The molecule has 2 amide bonds. The molecule has 2 N–H and O–H groups in total. The molecule has 0 aliphatic carbocycles. The molecule has 5 rings (SSSR count). The molecule has 0 bridgehead atoms. The first-order valence-electron chi connectivity index (χ1n) is 13.6. The summed E-state index contributed by atoms with van der Waals surface area (Å²) in [4.78, 5) is 46.5. The molecular formula is C31H33N5O4. The van der Waals surface area contributed by atoms with Gasteiger partial charge in [-0.15, -0.1) is 0 Å². The van der Waals surface area contributed by atoms with E-state index in [0.29, 0.717) is 30.3 Å². The van der Waals surface area contributed by atoms with Crippen molar-refractivity contribution in [2.24, 2.45) is 4.99 Å². The van der Waals surface area contributed by atoms with Crippen molar-refractivity contribution in [3.05, 3.63) is 102 Å². The Morgan fingerprint density at radius 3 is 2.10 bits per heavy atom. The zero-order valence-corrected chi connectivity index (χ0v) is 22.5. The van der Waals surface area contributed by atoms with Gasteiger partial charge in [0.25, 0.3) is 0 Å². The van der Waals surface area contributed by atoms with Crippen LogP contribution in [0.15, 0.2) is 89.9 Å². The minimum absolute atomic E-state index is 0.0275. The van der Waals surface area contributed by atoms with Crippen molar-refractivity contribution in [3.63, 3.8) is 0 Å². The van der Waals surface area contributed by atoms with Crippen molar-refractivity contribution in [1.29, 1.82) is 0 Å². The summed E-state index contributed by atoms with van der Waals surface area (Å²) in [5, 5.41) is 5.67. The molecule has 3 aromatic rings. The number of hydrogen-bond donors (Lipinski definition) is 2. The number of hydrogen-bond acceptors (Lipinski definition) is 7. The van der Waals surface area contributed by atoms with Crippen LogP contribution >= 0.6 is 0 Å². The Kier molecular flexibility index (Phi) is 8.51. The Balaban J connectivity index is 1.24. The first-order valence-corrected chi connectivity index (χ1v) is 13.6. The second-order valence-corrected chi connectivity index (χ2v) is 9.75. The van der Waals surface area contributed by atoms with Crippen molar-refractivity contribution in [3.8, 4) is 0 Å². The fourth-order valence-electron chi connectivity index (χ4n) is 5.10. The number of ether oxygens (including phenoxy) is 1. The van der Waals surface area contributed by atoms with Crippen LogP contribution in [0, 0.1) is 0 Å². The SMILES string of the molecule is CCOC(=O)c1ccc(NC(=O)[C@@H]2CC(=O)NC(N3CCN(C(c4ccccc4)c4ccccc4)CC3)=N2)cc1. The molecule has 0 aromatic heterocycles. The van der Waals surface area contributed by atoms with Crippen LogP contribution in [-0.4, -0.2) is 72.4 Å². The summed E-state index contributed by atoms with van der Waals surface area (Å²) in [6.45, 7) is 4.91. The minimum Gasteiger partial charge on any atom is -0.462 e. The highest BCUT2D eigenvalue weighted by Gasteiger charge is 2.32. The van der Waals surface area contributed by atoms with E-state index in [1.165, 1.54) is 11.1 Å². The number of carbonyl (C=O) groups excluding carboxylic acids is 3. The lowest BCUT2D eigenvalue weighted by molar-refractivity contribution is -0.125. The molecule has 0 unspecified atom stereocenters. The predicted octanol–water partition coefficient (Wildman–Crippen LogP) is 3.45. The van der Waals surface area contributed by atoms with E-state index in [1.807, 2.05) is 17.0 Å². The summed E-state index contributed by atoms with van der Waals surface area (Å²) in [5.74, 6) is -0.595. The maximum absolute atomic E-state index is 13.0. The Hall–Kier alpha value is -4.50. The normalized spacial score (nSPS) is 17.6. The summed E-state index contributed by atoms with van der Waals surface area (Å²) in [7, 11) is 0. The van der Waals surface area contributed by atoms with Crippen molar-refractivity contribution >= 4 is 29.4 Å². The van der Waals surface area contributed by atoms with E-state index < -0.39 is 12.0 Å². The number of guanidine groups is 1. The Bertz CT molecular complexity index is 1310. The number of piperazine rings is 1. The molecule has 3 aromatic carbocycles. The van der Waals surface area contributed by atoms with Gasteiger partial charge in [-0.05, 0) is 42.3 Å². The first kappa shape index (κ1) is 27.1. The van der Waals surface area contributed by atoms with Crippen LogP contribution in [0.5, 0.6) is 0 Å². The fraction of sp³-hybridized carbons (Fsp3) is 0.290. The van der Waals surface area contributed by atoms with Crippen molar-refractivity contribution in [2.75, 3.05) is 38.1 Å². The van der Waals surface area contributed by atoms with Crippen LogP contribution in [0.3, 0.4) is 0 Å². The number of anilines is 1. The molecular weight excluding hydrogens is 506 g/mol. The third-order valence-corrected chi connectivity index (χ3v) is 7.08. The maximum Gasteiger partial charge on any atom is 0.338 e. The number of esters is 1. The molecule has 1 atom stereocenters. The van der Waals surface area contributed by atoms with Crippen molar-refractivity contribution in [2.45, 2.75) is 25.4 Å². The summed E-state index contributed by atoms with van der Waals surface area (Å²) in [5.41, 5.74) is 3.38. The van der Waals surface area contributed by atoms with Crippen LogP contribution in [-0.2, 0) is 14.3 Å². The van der Waals surface area contributed by atoms with Crippen LogP contribution < -0.4 is 10.6 Å². The number of aliphatic imine (C=N–C) groups is 1. The smallest absolute Gasteiger partial charge is 0.338 e. The third kappa shape index (κ3) is 6.38. The van der Waals surface area contributed by atoms with E-state index in [-0.39, 0.29) is 30.9 Å². The molecule has 2 aliphatic rings. The van der Waals surface area contributed by atoms with Gasteiger partial charge in [-0.2, -0.15) is 0 Å². The van der Waals surface area contributed by atoms with E-state index in [4.69, 9.17) is 4.74 Å². The molecule has 9 heteroatoms. The second kappa shape index (κ2) is 12.6. The summed E-state index contributed by atoms with van der Waals surface area (Å²) < 4.78 is 4.99. The predicted molar refractivity (Wildman–Crippen MR) is 153 cm³/mol. The monoisotopic (exact) mass is 539 g/mol. The zero-order chi connectivity index (χ0) is 27.9. The number of carbonyl (C=O) groups is 3. The van der Waals surface area contributed by atoms with E-state index in [2.05, 4.69) is 69.1 Å². The average Bonchev–Trinajstić information content (AvgIpc) is 2.99. The first-order chi connectivity index (χ1) is 19.5. The highest BCUT2D eigenvalue weighted by atomic mass is 16.5. The summed E-state index contributed by atoms with van der Waals surface area (Å²) in [6, 6.07) is 26.7. The standard InChI is InChI=1S/C31H33N5O4/c1-2-40-30(39)24-13-15-25(16-14-24)32-29(38)26-21-27(37)34-31(33-26)36-19-17-35(18-20-36)28(22-9-5-3-6-10-22)23-11-7-4-8-12-23/h3-16,26,28H,2,17-21H2,1H3,(H,32,38)(H,33,34,37)/t26-/m0/s1. The van der Waals surface area contributed by atoms with Crippen LogP contribution in [0.2, 0.25) is 0 Å². The number of benzene rings is 3. The number of nitrogens with zero attached hydrogens (tertiary/aromatic N) is 3. The molecule has 2 heterocycles. The maximum atomic E-state index is 13.0. The molecule has 40 heavy (non-hydrogen) atoms. The van der Waals surface area contributed by atoms with Gasteiger partial charge in [0.1, 0.15) is 6.04 Å². The summed E-state index contributed by atoms with van der Waals surface area (Å²) in [6.07, 6.45) is -0.0275. The number of nitrogens with one attached hydrogen (secondary N) is 2. The van der Waals surface area contributed by atoms with Crippen molar-refractivity contribution < 1.29 is 19.1 Å². The Labute approximate surface area is 233 Å². The second-order valence-electron chi connectivity index (χ2n) is 9.75. The molecule has 1 saturated heterocycles. The lowest BCUT2D eigenvalue weighted by Crippen LogP contribution is -2.56. The van der Waals surface area contributed by atoms with Gasteiger partial charge in [-0.3, -0.25) is 19.8 Å². The molecule has 0 radical (unpaired) electrons. The minimum atomic E-state index is -0.840. The fourth-order valence-corrected chi connectivity index (χ4v) is 5.10. The largest absolute Gasteiger partial charge is 0.462 e. The van der Waals surface area contributed by atoms with E-state index in [9.17, 15) is 14.4 Å². The van der Waals surface area contributed by atoms with Crippen LogP contribution in [0.25, 0.3) is 0 Å². The lowest BCUT2D eigenvalue weighted by Gasteiger charge is -2.41. The van der Waals surface area contributed by atoms with E-state index in [0.717, 1.165) is 13.1 Å². The molecule has 1 fully saturated rings. The molecule has 9 nitrogen and oxygen atoms in total. The van der Waals surface area contributed by atoms with Gasteiger partial charge >= 0.3 is 5.97 Å². The molecule has 206 valence electrons. The van der Waals surface area contributed by atoms with Gasteiger partial charge in [0.15, 0.2) is 0 Å². The van der Waals surface area contributed by atoms with Gasteiger partial charge in [-0.1, -0.05) is 60.7 Å². The van der Waals surface area contributed by atoms with E-state index >= 15 is 0 Å². The van der Waals surface area contributed by atoms with Gasteiger partial charge in [0.2, 0.25) is 17.8 Å². The van der Waals surface area contributed by atoms with Gasteiger partial charge < -0.3 is 15.0 Å². The quantitative estimate of drug-likeness (QED) is 0.446. The Morgan fingerprint density at radius 2 is 1.52 bits per heavy atom. The number of rotatable bonds is 7. The average molecular weight is 540 g/mol. The highest BCUT2D eigenvalue weighted by Crippen LogP contribution is 2.29. The Morgan fingerprint density at radius 1 is 0.925 bits per heavy atom. The topological polar surface area (TPSA) is 103 Å². The zero-order valence-electron chi connectivity index (χ0n) is 22.5. The van der Waals surface area contributed by atoms with Gasteiger partial charge in [-0.25, -0.2) is 9.79 Å². The van der Waals surface area contributed by atoms with E-state index in [1.54, 1.807) is 31.2 Å². The number of amides is 2. The third-order valence-electron chi connectivity index (χ3n) is 7.08. The van der Waals surface area contributed by atoms with Crippen LogP contribution in [0.4, 0.5) is 5.69 Å². The molecule has 0 spiro atoms. The van der Waals surface area contributed by atoms with Crippen LogP contribution in [0.1, 0.15) is 40.9 Å². The highest BCUT2D eigenvalue weighted by molar-refractivity contribution is 6.06. The molecule has 2 aliphatic heterocycles. The van der Waals surface area contributed by atoms with Gasteiger partial charge in [0, 0.05) is 31.9 Å². The summed E-state index contributed by atoms with van der Waals surface area (Å²) >= 11 is 0. The molecule has 0 saturated carbocycles. The lowest BCUT2D eigenvalue weighted by atomic mass is 9.96.